The molecule has 1 fully saturated rings. The van der Waals surface area contributed by atoms with Gasteiger partial charge in [-0.15, -0.1) is 11.3 Å². The van der Waals surface area contributed by atoms with Gasteiger partial charge in [-0.05, 0) is 19.3 Å². The fraction of sp³-hybridized carbons (Fsp3) is 0.643. The summed E-state index contributed by atoms with van der Waals surface area (Å²) in [5, 5.41) is 11.9. The van der Waals surface area contributed by atoms with Crippen LogP contribution in [0.2, 0.25) is 0 Å². The smallest absolute Gasteiger partial charge is 0.323 e. The zero-order chi connectivity index (χ0) is 15.2. The van der Waals surface area contributed by atoms with E-state index in [-0.39, 0.29) is 24.9 Å². The monoisotopic (exact) mass is 312 g/mol. The predicted octanol–water partition coefficient (Wildman–Crippen LogP) is 1.34. The van der Waals surface area contributed by atoms with E-state index in [0.29, 0.717) is 26.1 Å². The van der Waals surface area contributed by atoms with Gasteiger partial charge in [0, 0.05) is 24.6 Å². The molecule has 0 aromatic carbocycles. The van der Waals surface area contributed by atoms with Crippen molar-refractivity contribution in [2.45, 2.75) is 38.6 Å². The van der Waals surface area contributed by atoms with Crippen molar-refractivity contribution in [1.29, 1.82) is 0 Å². The Balaban J connectivity index is 2.03. The SMILES string of the molecule is CCc1nc(CC(=O)N(CC(=O)O)C2CCOCC2)cs1. The van der Waals surface area contributed by atoms with Crippen LogP contribution in [-0.2, 0) is 27.2 Å². The number of aromatic nitrogens is 1. The Morgan fingerprint density at radius 3 is 2.76 bits per heavy atom. The Morgan fingerprint density at radius 2 is 2.19 bits per heavy atom. The van der Waals surface area contributed by atoms with E-state index >= 15 is 0 Å². The number of hydrogen-bond acceptors (Lipinski definition) is 5. The first-order valence-corrected chi connectivity index (χ1v) is 8.00. The average Bonchev–Trinajstić information content (AvgIpc) is 2.93. The molecule has 0 aliphatic carbocycles. The van der Waals surface area contributed by atoms with Crippen LogP contribution in [0.1, 0.15) is 30.5 Å². The van der Waals surface area contributed by atoms with Gasteiger partial charge >= 0.3 is 5.97 Å². The number of thiazole rings is 1. The maximum Gasteiger partial charge on any atom is 0.323 e. The summed E-state index contributed by atoms with van der Waals surface area (Å²) in [6.45, 7) is 2.91. The number of carbonyl (C=O) groups excluding carboxylic acids is 1. The minimum Gasteiger partial charge on any atom is -0.480 e. The van der Waals surface area contributed by atoms with E-state index in [1.54, 1.807) is 0 Å². The number of hydrogen-bond donors (Lipinski definition) is 1. The Morgan fingerprint density at radius 1 is 1.48 bits per heavy atom. The molecule has 2 rings (SSSR count). The third kappa shape index (κ3) is 4.50. The lowest BCUT2D eigenvalue weighted by Crippen LogP contribution is -2.46. The summed E-state index contributed by atoms with van der Waals surface area (Å²) in [5.74, 6) is -1.15. The molecule has 1 amide bonds. The van der Waals surface area contributed by atoms with Crippen molar-refractivity contribution < 1.29 is 19.4 Å². The Bertz CT molecular complexity index is 497. The predicted molar refractivity (Wildman–Crippen MR) is 78.4 cm³/mol. The number of carbonyl (C=O) groups is 2. The number of rotatable bonds is 6. The highest BCUT2D eigenvalue weighted by Crippen LogP contribution is 2.17. The number of carboxylic acid groups (broad SMARTS) is 1. The molecule has 0 spiro atoms. The molecular formula is C14H20N2O4S. The molecule has 116 valence electrons. The van der Waals surface area contributed by atoms with Crippen LogP contribution < -0.4 is 0 Å². The van der Waals surface area contributed by atoms with Gasteiger partial charge in [-0.25, -0.2) is 4.98 Å². The number of carboxylic acids is 1. The Kier molecular flexibility index (Phi) is 5.69. The molecule has 7 heteroatoms. The molecule has 0 radical (unpaired) electrons. The lowest BCUT2D eigenvalue weighted by molar-refractivity contribution is -0.147. The summed E-state index contributed by atoms with van der Waals surface area (Å²) < 4.78 is 5.27. The second-order valence-corrected chi connectivity index (χ2v) is 5.96. The van der Waals surface area contributed by atoms with Gasteiger partial charge in [0.15, 0.2) is 0 Å². The normalized spacial score (nSPS) is 15.9. The van der Waals surface area contributed by atoms with Crippen LogP contribution in [0.5, 0.6) is 0 Å². The fourth-order valence-electron chi connectivity index (χ4n) is 2.41. The lowest BCUT2D eigenvalue weighted by atomic mass is 10.1. The van der Waals surface area contributed by atoms with Crippen molar-refractivity contribution in [3.63, 3.8) is 0 Å². The van der Waals surface area contributed by atoms with E-state index in [1.165, 1.54) is 16.2 Å². The van der Waals surface area contributed by atoms with Gasteiger partial charge in [0.05, 0.1) is 17.1 Å². The highest BCUT2D eigenvalue weighted by molar-refractivity contribution is 7.09. The molecule has 0 unspecified atom stereocenters. The quantitative estimate of drug-likeness (QED) is 0.857. The zero-order valence-corrected chi connectivity index (χ0v) is 12.9. The first-order chi connectivity index (χ1) is 10.1. The zero-order valence-electron chi connectivity index (χ0n) is 12.1. The van der Waals surface area contributed by atoms with Gasteiger partial charge in [-0.2, -0.15) is 0 Å². The Hall–Kier alpha value is -1.47. The molecule has 2 heterocycles. The standard InChI is InChI=1S/C14H20N2O4S/c1-2-12-15-10(9-21-12)7-13(17)16(8-14(18)19)11-3-5-20-6-4-11/h9,11H,2-8H2,1H3,(H,18,19). The van der Waals surface area contributed by atoms with Crippen molar-refractivity contribution in [3.05, 3.63) is 16.1 Å². The molecule has 1 aromatic rings. The summed E-state index contributed by atoms with van der Waals surface area (Å²) in [4.78, 5) is 29.3. The second kappa shape index (κ2) is 7.51. The largest absolute Gasteiger partial charge is 0.480 e. The topological polar surface area (TPSA) is 79.7 Å². The molecule has 21 heavy (non-hydrogen) atoms. The van der Waals surface area contributed by atoms with Crippen LogP contribution in [-0.4, -0.2) is 52.7 Å². The summed E-state index contributed by atoms with van der Waals surface area (Å²) in [6.07, 6.45) is 2.39. The fourth-order valence-corrected chi connectivity index (χ4v) is 3.16. The third-order valence-electron chi connectivity index (χ3n) is 3.49. The molecular weight excluding hydrogens is 292 g/mol. The van der Waals surface area contributed by atoms with E-state index in [2.05, 4.69) is 4.98 Å². The molecule has 1 aliphatic heterocycles. The van der Waals surface area contributed by atoms with Crippen molar-refractivity contribution >= 4 is 23.2 Å². The Labute approximate surface area is 127 Å². The van der Waals surface area contributed by atoms with Crippen LogP contribution in [0.4, 0.5) is 0 Å². The van der Waals surface area contributed by atoms with Crippen LogP contribution in [0.15, 0.2) is 5.38 Å². The van der Waals surface area contributed by atoms with Gasteiger partial charge in [0.25, 0.3) is 0 Å². The molecule has 1 aliphatic rings. The van der Waals surface area contributed by atoms with Crippen LogP contribution in [0, 0.1) is 0 Å². The highest BCUT2D eigenvalue weighted by atomic mass is 32.1. The summed E-state index contributed by atoms with van der Waals surface area (Å²) >= 11 is 1.53. The number of ether oxygens (including phenoxy) is 1. The van der Waals surface area contributed by atoms with Crippen LogP contribution in [0.25, 0.3) is 0 Å². The first kappa shape index (κ1) is 15.9. The van der Waals surface area contributed by atoms with Crippen LogP contribution in [0.3, 0.4) is 0 Å². The molecule has 0 saturated carbocycles. The van der Waals surface area contributed by atoms with Gasteiger partial charge in [0.2, 0.25) is 5.91 Å². The molecule has 0 atom stereocenters. The lowest BCUT2D eigenvalue weighted by Gasteiger charge is -2.33. The third-order valence-corrected chi connectivity index (χ3v) is 4.53. The molecule has 6 nitrogen and oxygen atoms in total. The van der Waals surface area contributed by atoms with Crippen molar-refractivity contribution in [2.75, 3.05) is 19.8 Å². The number of aliphatic carboxylic acids is 1. The van der Waals surface area contributed by atoms with Gasteiger partial charge in [-0.3, -0.25) is 9.59 Å². The van der Waals surface area contributed by atoms with E-state index in [9.17, 15) is 9.59 Å². The molecule has 1 N–H and O–H groups in total. The molecule has 1 aromatic heterocycles. The van der Waals surface area contributed by atoms with E-state index in [1.807, 2.05) is 12.3 Å². The second-order valence-electron chi connectivity index (χ2n) is 5.02. The number of amides is 1. The van der Waals surface area contributed by atoms with E-state index in [0.717, 1.165) is 17.1 Å². The average molecular weight is 312 g/mol. The van der Waals surface area contributed by atoms with Crippen molar-refractivity contribution in [2.24, 2.45) is 0 Å². The summed E-state index contributed by atoms with van der Waals surface area (Å²) in [7, 11) is 0. The maximum absolute atomic E-state index is 12.4. The minimum atomic E-state index is -0.984. The highest BCUT2D eigenvalue weighted by Gasteiger charge is 2.27. The van der Waals surface area contributed by atoms with Gasteiger partial charge < -0.3 is 14.7 Å². The van der Waals surface area contributed by atoms with Crippen molar-refractivity contribution in [1.82, 2.24) is 9.88 Å². The van der Waals surface area contributed by atoms with E-state index < -0.39 is 5.97 Å². The van der Waals surface area contributed by atoms with Crippen molar-refractivity contribution in [3.8, 4) is 0 Å². The van der Waals surface area contributed by atoms with Gasteiger partial charge in [-0.1, -0.05) is 6.92 Å². The van der Waals surface area contributed by atoms with Crippen LogP contribution >= 0.6 is 11.3 Å². The minimum absolute atomic E-state index is 0.0494. The number of aryl methyl sites for hydroxylation is 1. The first-order valence-electron chi connectivity index (χ1n) is 7.12. The van der Waals surface area contributed by atoms with E-state index in [4.69, 9.17) is 9.84 Å². The molecule has 1 saturated heterocycles. The summed E-state index contributed by atoms with van der Waals surface area (Å²) in [5.41, 5.74) is 0.726. The van der Waals surface area contributed by atoms with Gasteiger partial charge in [0.1, 0.15) is 6.54 Å². The maximum atomic E-state index is 12.4. The summed E-state index contributed by atoms with van der Waals surface area (Å²) in [6, 6.07) is -0.0494. The number of nitrogens with zero attached hydrogens (tertiary/aromatic N) is 2. The molecule has 0 bridgehead atoms.